The van der Waals surface area contributed by atoms with Gasteiger partial charge in [0.05, 0.1) is 17.7 Å². The van der Waals surface area contributed by atoms with Crippen LogP contribution in [0.5, 0.6) is 0 Å². The molecule has 14 heteroatoms. The van der Waals surface area contributed by atoms with E-state index in [1.54, 1.807) is 18.2 Å². The molecule has 0 bridgehead atoms. The first kappa shape index (κ1) is 36.2. The summed E-state index contributed by atoms with van der Waals surface area (Å²) in [5.41, 5.74) is 4.85. The molecule has 288 valence electrons. The molecule has 2 unspecified atom stereocenters. The molecule has 1 N–H and O–H groups in total. The minimum absolute atomic E-state index is 0.0634. The molecule has 6 aliphatic heterocycles. The smallest absolute Gasteiger partial charge is 0.262 e. The number of piperazine rings is 1. The standard InChI is InChI=1S/C42H43ClN8O5/c1-44-35-8-6-31(21-34(35)43)48-13-11-42(25-48)12-14-49(26-42)39(54)28-3-2-4-29(19-28)47-17-15-46(16-18-47)22-27-23-50(24-27)30-5-7-32-33(20-30)41(56)51(40(32)55)36-9-10-37(52)45-38(36)53/h2-8,19-21,27,36H,9-18,22-26H2,(H,45,52,53). The summed E-state index contributed by atoms with van der Waals surface area (Å²) in [5, 5.41) is 2.72. The van der Waals surface area contributed by atoms with Gasteiger partial charge < -0.3 is 19.6 Å². The van der Waals surface area contributed by atoms with E-state index < -0.39 is 29.7 Å². The number of likely N-dealkylation sites (tertiary alicyclic amines) is 1. The van der Waals surface area contributed by atoms with Crippen LogP contribution in [-0.2, 0) is 9.59 Å². The Balaban J connectivity index is 0.748. The van der Waals surface area contributed by atoms with E-state index in [1.807, 2.05) is 41.3 Å². The third-order valence-electron chi connectivity index (χ3n) is 12.7. The van der Waals surface area contributed by atoms with Crippen LogP contribution in [-0.4, -0.2) is 122 Å². The van der Waals surface area contributed by atoms with Gasteiger partial charge in [0, 0.05) is 117 Å². The lowest BCUT2D eigenvalue weighted by molar-refractivity contribution is -0.136. The Labute approximate surface area is 330 Å². The molecular formula is C42H43ClN8O5. The summed E-state index contributed by atoms with van der Waals surface area (Å²) in [6.07, 6.45) is 2.22. The quantitative estimate of drug-likeness (QED) is 0.277. The highest BCUT2D eigenvalue weighted by Crippen LogP contribution is 2.43. The lowest BCUT2D eigenvalue weighted by Crippen LogP contribution is -2.55. The van der Waals surface area contributed by atoms with E-state index in [1.165, 1.54) is 0 Å². The Morgan fingerprint density at radius 3 is 2.30 bits per heavy atom. The molecule has 0 saturated carbocycles. The van der Waals surface area contributed by atoms with Crippen molar-refractivity contribution in [3.8, 4) is 0 Å². The first-order chi connectivity index (χ1) is 27.1. The molecular weight excluding hydrogens is 732 g/mol. The summed E-state index contributed by atoms with van der Waals surface area (Å²) in [6.45, 7) is 16.8. The number of imide groups is 2. The molecule has 6 aliphatic rings. The number of halogens is 1. The Hall–Kier alpha value is -5.45. The summed E-state index contributed by atoms with van der Waals surface area (Å²) in [4.78, 5) is 80.1. The molecule has 5 amide bonds. The molecule has 1 spiro atoms. The van der Waals surface area contributed by atoms with Crippen LogP contribution in [0, 0.1) is 17.9 Å². The normalized spacial score (nSPS) is 24.2. The van der Waals surface area contributed by atoms with Gasteiger partial charge >= 0.3 is 0 Å². The van der Waals surface area contributed by atoms with Gasteiger partial charge in [0.1, 0.15) is 6.04 Å². The van der Waals surface area contributed by atoms with Crippen LogP contribution < -0.4 is 20.0 Å². The minimum Gasteiger partial charge on any atom is -0.371 e. The molecule has 9 rings (SSSR count). The predicted octanol–water partition coefficient (Wildman–Crippen LogP) is 4.29. The highest BCUT2D eigenvalue weighted by Gasteiger charge is 2.46. The Morgan fingerprint density at radius 1 is 0.804 bits per heavy atom. The number of hydrogen-bond acceptors (Lipinski definition) is 9. The Kier molecular flexibility index (Phi) is 9.21. The Bertz CT molecular complexity index is 2190. The number of anilines is 3. The van der Waals surface area contributed by atoms with Gasteiger partial charge in [-0.15, -0.1) is 0 Å². The van der Waals surface area contributed by atoms with Crippen LogP contribution in [0.2, 0.25) is 5.02 Å². The highest BCUT2D eigenvalue weighted by molar-refractivity contribution is 6.33. The van der Waals surface area contributed by atoms with Crippen LogP contribution in [0.1, 0.15) is 56.8 Å². The zero-order valence-corrected chi connectivity index (χ0v) is 31.8. The van der Waals surface area contributed by atoms with Crippen molar-refractivity contribution < 1.29 is 24.0 Å². The molecule has 3 aromatic rings. The van der Waals surface area contributed by atoms with E-state index in [0.717, 1.165) is 112 Å². The van der Waals surface area contributed by atoms with Gasteiger partial charge in [-0.3, -0.25) is 39.1 Å². The Morgan fingerprint density at radius 2 is 1.54 bits per heavy atom. The number of amides is 5. The predicted molar refractivity (Wildman–Crippen MR) is 211 cm³/mol. The maximum absolute atomic E-state index is 13.8. The van der Waals surface area contributed by atoms with Gasteiger partial charge in [-0.1, -0.05) is 23.7 Å². The van der Waals surface area contributed by atoms with E-state index in [-0.39, 0.29) is 24.2 Å². The SMILES string of the molecule is [C-]#[N+]c1ccc(N2CCC3(CCN(C(=O)c4cccc(N5CCN(CC6CN(c7ccc8c(c7)C(=O)N(C7CCC(=O)NC7=O)C8=O)C6)CC5)c4)C3)C2)cc1Cl. The zero-order valence-electron chi connectivity index (χ0n) is 31.1. The van der Waals surface area contributed by atoms with Crippen LogP contribution >= 0.6 is 11.6 Å². The molecule has 0 radical (unpaired) electrons. The second-order valence-electron chi connectivity index (χ2n) is 16.2. The third-order valence-corrected chi connectivity index (χ3v) is 13.0. The van der Waals surface area contributed by atoms with Crippen molar-refractivity contribution in [2.24, 2.45) is 11.3 Å². The molecule has 6 heterocycles. The number of piperidine rings is 1. The highest BCUT2D eigenvalue weighted by atomic mass is 35.5. The van der Waals surface area contributed by atoms with E-state index in [0.29, 0.717) is 27.8 Å². The van der Waals surface area contributed by atoms with Gasteiger partial charge in [0.15, 0.2) is 0 Å². The molecule has 0 aliphatic carbocycles. The van der Waals surface area contributed by atoms with Crippen molar-refractivity contribution in [3.05, 3.63) is 93.8 Å². The maximum Gasteiger partial charge on any atom is 0.262 e. The molecule has 5 saturated heterocycles. The fourth-order valence-corrected chi connectivity index (χ4v) is 9.72. The second-order valence-corrected chi connectivity index (χ2v) is 16.6. The van der Waals surface area contributed by atoms with Crippen molar-refractivity contribution in [1.29, 1.82) is 0 Å². The summed E-state index contributed by atoms with van der Waals surface area (Å²) in [5.74, 6) is -1.41. The summed E-state index contributed by atoms with van der Waals surface area (Å²) < 4.78 is 0. The van der Waals surface area contributed by atoms with Crippen molar-refractivity contribution in [2.75, 3.05) is 86.7 Å². The number of carbonyl (C=O) groups is 5. The number of nitrogens with zero attached hydrogens (tertiary/aromatic N) is 7. The molecule has 5 fully saturated rings. The average molecular weight is 775 g/mol. The van der Waals surface area contributed by atoms with Crippen LogP contribution in [0.25, 0.3) is 4.85 Å². The zero-order chi connectivity index (χ0) is 38.7. The van der Waals surface area contributed by atoms with Crippen molar-refractivity contribution in [2.45, 2.75) is 31.7 Å². The van der Waals surface area contributed by atoms with Gasteiger partial charge in [0.2, 0.25) is 17.5 Å². The van der Waals surface area contributed by atoms with Crippen LogP contribution in [0.15, 0.2) is 60.7 Å². The second kappa shape index (κ2) is 14.2. The number of benzene rings is 3. The number of nitrogens with one attached hydrogen (secondary N) is 1. The average Bonchev–Trinajstić information content (AvgIpc) is 3.88. The fraction of sp³-hybridized carbons (Fsp3) is 0.429. The first-order valence-electron chi connectivity index (χ1n) is 19.5. The largest absolute Gasteiger partial charge is 0.371 e. The fourth-order valence-electron chi connectivity index (χ4n) is 9.50. The number of fused-ring (bicyclic) bond motifs is 1. The van der Waals surface area contributed by atoms with E-state index in [4.69, 9.17) is 18.2 Å². The molecule has 3 aromatic carbocycles. The number of carbonyl (C=O) groups excluding carboxylic acids is 5. The first-order valence-corrected chi connectivity index (χ1v) is 19.8. The van der Waals surface area contributed by atoms with Gasteiger partial charge in [0.25, 0.3) is 17.7 Å². The lowest BCUT2D eigenvalue weighted by Gasteiger charge is -2.45. The summed E-state index contributed by atoms with van der Waals surface area (Å²) >= 11 is 6.33. The third kappa shape index (κ3) is 6.54. The van der Waals surface area contributed by atoms with Crippen molar-refractivity contribution in [1.82, 2.24) is 20.0 Å². The van der Waals surface area contributed by atoms with E-state index in [9.17, 15) is 24.0 Å². The number of rotatable bonds is 7. The lowest BCUT2D eigenvalue weighted by atomic mass is 9.86. The topological polar surface area (TPSA) is 121 Å². The van der Waals surface area contributed by atoms with E-state index in [2.05, 4.69) is 35.8 Å². The minimum atomic E-state index is -0.971. The monoisotopic (exact) mass is 774 g/mol. The summed E-state index contributed by atoms with van der Waals surface area (Å²) in [7, 11) is 0. The summed E-state index contributed by atoms with van der Waals surface area (Å²) in [6, 6.07) is 18.0. The molecule has 2 atom stereocenters. The number of hydrogen-bond donors (Lipinski definition) is 1. The van der Waals surface area contributed by atoms with Crippen LogP contribution in [0.3, 0.4) is 0 Å². The van der Waals surface area contributed by atoms with Gasteiger partial charge in [-0.05, 0) is 67.8 Å². The van der Waals surface area contributed by atoms with Crippen molar-refractivity contribution in [3.63, 3.8) is 0 Å². The van der Waals surface area contributed by atoms with Crippen molar-refractivity contribution >= 4 is 63.9 Å². The maximum atomic E-state index is 13.8. The molecule has 56 heavy (non-hydrogen) atoms. The van der Waals surface area contributed by atoms with Gasteiger partial charge in [-0.25, -0.2) is 4.85 Å². The van der Waals surface area contributed by atoms with Gasteiger partial charge in [-0.2, -0.15) is 0 Å². The van der Waals surface area contributed by atoms with E-state index >= 15 is 0 Å². The van der Waals surface area contributed by atoms with Crippen LogP contribution in [0.4, 0.5) is 22.7 Å². The molecule has 13 nitrogen and oxygen atoms in total. The molecule has 0 aromatic heterocycles.